The average Bonchev–Trinajstić information content (AvgIpc) is 2.65. The van der Waals surface area contributed by atoms with Gasteiger partial charge in [-0.05, 0) is 49.8 Å². The summed E-state index contributed by atoms with van der Waals surface area (Å²) < 4.78 is 10.3. The minimum Gasteiger partial charge on any atom is -0.497 e. The third-order valence-electron chi connectivity index (χ3n) is 4.74. The number of esters is 1. The van der Waals surface area contributed by atoms with E-state index in [-0.39, 0.29) is 18.3 Å². The third kappa shape index (κ3) is 6.77. The van der Waals surface area contributed by atoms with E-state index in [1.807, 2.05) is 24.3 Å². The zero-order chi connectivity index (χ0) is 18.1. The van der Waals surface area contributed by atoms with Gasteiger partial charge in [0.1, 0.15) is 5.75 Å². The van der Waals surface area contributed by atoms with Crippen molar-refractivity contribution >= 4 is 11.9 Å². The second-order valence-corrected chi connectivity index (χ2v) is 6.73. The summed E-state index contributed by atoms with van der Waals surface area (Å²) in [6.45, 7) is 2.31. The number of ether oxygens (including phenoxy) is 2. The van der Waals surface area contributed by atoms with E-state index in [1.165, 1.54) is 32.1 Å². The van der Waals surface area contributed by atoms with Crippen LogP contribution in [0.4, 0.5) is 0 Å². The van der Waals surface area contributed by atoms with Crippen LogP contribution >= 0.6 is 0 Å². The van der Waals surface area contributed by atoms with Gasteiger partial charge in [-0.1, -0.05) is 31.4 Å². The molecule has 0 heterocycles. The van der Waals surface area contributed by atoms with Crippen molar-refractivity contribution in [3.63, 3.8) is 0 Å². The number of nitrogens with one attached hydrogen (secondary N) is 1. The molecule has 2 rings (SSSR count). The summed E-state index contributed by atoms with van der Waals surface area (Å²) in [5.41, 5.74) is 1.03. The van der Waals surface area contributed by atoms with Gasteiger partial charge < -0.3 is 14.8 Å². The molecular weight excluding hydrogens is 318 g/mol. The second kappa shape index (κ2) is 10.1. The van der Waals surface area contributed by atoms with Crippen LogP contribution in [0.25, 0.3) is 0 Å². The van der Waals surface area contributed by atoms with Crippen molar-refractivity contribution in [1.82, 2.24) is 5.32 Å². The normalized spacial score (nSPS) is 16.1. The van der Waals surface area contributed by atoms with E-state index in [2.05, 4.69) is 5.32 Å². The fourth-order valence-electron chi connectivity index (χ4n) is 3.13. The molecule has 0 aliphatic heterocycles. The van der Waals surface area contributed by atoms with E-state index < -0.39 is 6.10 Å². The van der Waals surface area contributed by atoms with Crippen LogP contribution in [0.1, 0.15) is 51.0 Å². The highest BCUT2D eigenvalue weighted by Crippen LogP contribution is 2.22. The Hall–Kier alpha value is -2.04. The number of hydrogen-bond acceptors (Lipinski definition) is 4. The number of aryl methyl sites for hydroxylation is 1. The zero-order valence-corrected chi connectivity index (χ0v) is 15.3. The molecule has 1 amide bonds. The molecule has 5 nitrogen and oxygen atoms in total. The molecule has 0 radical (unpaired) electrons. The van der Waals surface area contributed by atoms with Crippen molar-refractivity contribution in [2.24, 2.45) is 5.92 Å². The number of rotatable bonds is 8. The quantitative estimate of drug-likeness (QED) is 0.733. The molecule has 5 heteroatoms. The largest absolute Gasteiger partial charge is 0.497 e. The highest BCUT2D eigenvalue weighted by molar-refractivity contribution is 5.83. The molecule has 1 aromatic rings. The Kier molecular flexibility index (Phi) is 7.76. The van der Waals surface area contributed by atoms with E-state index >= 15 is 0 Å². The third-order valence-corrected chi connectivity index (χ3v) is 4.74. The highest BCUT2D eigenvalue weighted by Gasteiger charge is 2.20. The van der Waals surface area contributed by atoms with Gasteiger partial charge in [0.15, 0.2) is 6.10 Å². The van der Waals surface area contributed by atoms with Crippen LogP contribution in [-0.2, 0) is 20.7 Å². The van der Waals surface area contributed by atoms with E-state index in [1.54, 1.807) is 14.0 Å². The number of carbonyl (C=O) groups excluding carboxylic acids is 2. The Labute approximate surface area is 150 Å². The fourth-order valence-corrected chi connectivity index (χ4v) is 3.13. The van der Waals surface area contributed by atoms with Crippen molar-refractivity contribution < 1.29 is 19.1 Å². The molecule has 25 heavy (non-hydrogen) atoms. The van der Waals surface area contributed by atoms with Crippen molar-refractivity contribution in [2.45, 2.75) is 58.0 Å². The molecule has 1 atom stereocenters. The second-order valence-electron chi connectivity index (χ2n) is 6.73. The van der Waals surface area contributed by atoms with E-state index in [0.29, 0.717) is 18.9 Å². The van der Waals surface area contributed by atoms with Gasteiger partial charge in [0.05, 0.1) is 7.11 Å². The van der Waals surface area contributed by atoms with Crippen LogP contribution in [0.2, 0.25) is 0 Å². The summed E-state index contributed by atoms with van der Waals surface area (Å²) in [5, 5.41) is 2.91. The van der Waals surface area contributed by atoms with Gasteiger partial charge in [0.2, 0.25) is 0 Å². The van der Waals surface area contributed by atoms with E-state index in [4.69, 9.17) is 9.47 Å². The first-order chi connectivity index (χ1) is 12.1. The average molecular weight is 347 g/mol. The molecule has 0 saturated heterocycles. The van der Waals surface area contributed by atoms with Gasteiger partial charge in [-0.25, -0.2) is 0 Å². The molecule has 1 N–H and O–H groups in total. The number of carbonyl (C=O) groups is 2. The molecule has 1 aromatic carbocycles. The number of methoxy groups -OCH3 is 1. The number of amides is 1. The standard InChI is InChI=1S/C20H29NO4/c1-15(20(23)21-14-17-6-4-3-5-7-17)25-19(22)13-10-16-8-11-18(24-2)12-9-16/h8-9,11-12,15,17H,3-7,10,13-14H2,1-2H3,(H,21,23). The lowest BCUT2D eigenvalue weighted by atomic mass is 9.89. The number of hydrogen-bond donors (Lipinski definition) is 1. The molecule has 1 saturated carbocycles. The maximum atomic E-state index is 12.1. The summed E-state index contributed by atoms with van der Waals surface area (Å²) in [4.78, 5) is 24.0. The lowest BCUT2D eigenvalue weighted by Crippen LogP contribution is -2.38. The monoisotopic (exact) mass is 347 g/mol. The van der Waals surface area contributed by atoms with Crippen LogP contribution < -0.4 is 10.1 Å². The lowest BCUT2D eigenvalue weighted by molar-refractivity contribution is -0.154. The Morgan fingerprint density at radius 1 is 1.16 bits per heavy atom. The van der Waals surface area contributed by atoms with Gasteiger partial charge in [0, 0.05) is 13.0 Å². The van der Waals surface area contributed by atoms with Crippen molar-refractivity contribution in [3.05, 3.63) is 29.8 Å². The van der Waals surface area contributed by atoms with Gasteiger partial charge in [-0.3, -0.25) is 9.59 Å². The lowest BCUT2D eigenvalue weighted by Gasteiger charge is -2.22. The van der Waals surface area contributed by atoms with E-state index in [9.17, 15) is 9.59 Å². The van der Waals surface area contributed by atoms with Crippen LogP contribution in [-0.4, -0.2) is 31.6 Å². The smallest absolute Gasteiger partial charge is 0.306 e. The van der Waals surface area contributed by atoms with Gasteiger partial charge in [-0.2, -0.15) is 0 Å². The van der Waals surface area contributed by atoms with Crippen LogP contribution in [0, 0.1) is 5.92 Å². The first kappa shape index (κ1) is 19.3. The Morgan fingerprint density at radius 2 is 1.84 bits per heavy atom. The topological polar surface area (TPSA) is 64.6 Å². The fraction of sp³-hybridized carbons (Fsp3) is 0.600. The molecule has 1 unspecified atom stereocenters. The molecule has 0 aromatic heterocycles. The zero-order valence-electron chi connectivity index (χ0n) is 15.3. The Morgan fingerprint density at radius 3 is 2.48 bits per heavy atom. The molecule has 1 aliphatic rings. The summed E-state index contributed by atoms with van der Waals surface area (Å²) in [6, 6.07) is 7.57. The van der Waals surface area contributed by atoms with Crippen LogP contribution in [0.5, 0.6) is 5.75 Å². The van der Waals surface area contributed by atoms with Gasteiger partial charge >= 0.3 is 5.97 Å². The maximum Gasteiger partial charge on any atom is 0.306 e. The maximum absolute atomic E-state index is 12.1. The van der Waals surface area contributed by atoms with Gasteiger partial charge in [0.25, 0.3) is 5.91 Å². The summed E-state index contributed by atoms with van der Waals surface area (Å²) in [7, 11) is 1.62. The van der Waals surface area contributed by atoms with Crippen molar-refractivity contribution in [3.8, 4) is 5.75 Å². The van der Waals surface area contributed by atoms with Crippen LogP contribution in [0.15, 0.2) is 24.3 Å². The molecule has 0 bridgehead atoms. The molecule has 138 valence electrons. The molecule has 1 fully saturated rings. The summed E-state index contributed by atoms with van der Waals surface area (Å²) in [5.74, 6) is 0.796. The van der Waals surface area contributed by atoms with Crippen molar-refractivity contribution in [2.75, 3.05) is 13.7 Å². The molecule has 0 spiro atoms. The SMILES string of the molecule is COc1ccc(CCC(=O)OC(C)C(=O)NCC2CCCCC2)cc1. The summed E-state index contributed by atoms with van der Waals surface area (Å²) >= 11 is 0. The first-order valence-electron chi connectivity index (χ1n) is 9.18. The molecule has 1 aliphatic carbocycles. The Balaban J connectivity index is 1.66. The summed E-state index contributed by atoms with van der Waals surface area (Å²) in [6.07, 6.45) is 6.24. The van der Waals surface area contributed by atoms with Crippen LogP contribution in [0.3, 0.4) is 0 Å². The van der Waals surface area contributed by atoms with E-state index in [0.717, 1.165) is 11.3 Å². The van der Waals surface area contributed by atoms with Crippen molar-refractivity contribution in [1.29, 1.82) is 0 Å². The minimum atomic E-state index is -0.744. The number of benzene rings is 1. The minimum absolute atomic E-state index is 0.205. The first-order valence-corrected chi connectivity index (χ1v) is 9.18. The Bertz CT molecular complexity index is 549. The predicted octanol–water partition coefficient (Wildman–Crippen LogP) is 3.26. The van der Waals surface area contributed by atoms with Gasteiger partial charge in [-0.15, -0.1) is 0 Å². The molecular formula is C20H29NO4. The predicted molar refractivity (Wildman–Crippen MR) is 96.5 cm³/mol. The highest BCUT2D eigenvalue weighted by atomic mass is 16.5.